The third kappa shape index (κ3) is 3.45. The summed E-state index contributed by atoms with van der Waals surface area (Å²) in [4.78, 5) is 0. The number of hydrogen-bond donors (Lipinski definition) is 1. The molecule has 1 fully saturated rings. The molecule has 0 aromatic heterocycles. The van der Waals surface area contributed by atoms with E-state index in [9.17, 15) is 0 Å². The molecule has 0 amide bonds. The van der Waals surface area contributed by atoms with Crippen molar-refractivity contribution >= 4 is 0 Å². The summed E-state index contributed by atoms with van der Waals surface area (Å²) in [5.74, 6) is 1.23. The molecule has 0 aromatic carbocycles. The zero-order valence-electron chi connectivity index (χ0n) is 7.18. The van der Waals surface area contributed by atoms with Gasteiger partial charge in [0.05, 0.1) is 5.76 Å². The van der Waals surface area contributed by atoms with Crippen molar-refractivity contribution in [3.8, 4) is 0 Å². The molecule has 0 atom stereocenters. The maximum atomic E-state index is 8.89. The summed E-state index contributed by atoms with van der Waals surface area (Å²) in [6.45, 7) is 3.50. The highest BCUT2D eigenvalue weighted by Crippen LogP contribution is 2.27. The van der Waals surface area contributed by atoms with E-state index in [0.29, 0.717) is 5.76 Å². The van der Waals surface area contributed by atoms with Crippen molar-refractivity contribution in [2.24, 2.45) is 5.92 Å². The Kier molecular flexibility index (Phi) is 3.47. The zero-order valence-corrected chi connectivity index (χ0v) is 7.18. The van der Waals surface area contributed by atoms with Gasteiger partial charge in [-0.2, -0.15) is 0 Å². The third-order valence-electron chi connectivity index (χ3n) is 2.57. The van der Waals surface area contributed by atoms with E-state index in [1.807, 2.05) is 0 Å². The van der Waals surface area contributed by atoms with Gasteiger partial charge < -0.3 is 5.11 Å². The molecule has 0 heterocycles. The van der Waals surface area contributed by atoms with Crippen LogP contribution in [0.1, 0.15) is 44.9 Å². The Hall–Kier alpha value is -0.460. The maximum absolute atomic E-state index is 8.89. The standard InChI is InChI=1S/C10H18O/c1-9(11)7-8-10-5-3-2-4-6-10/h10-11H,1-8H2. The highest BCUT2D eigenvalue weighted by atomic mass is 16.3. The van der Waals surface area contributed by atoms with E-state index in [1.54, 1.807) is 0 Å². The lowest BCUT2D eigenvalue weighted by Gasteiger charge is -2.20. The van der Waals surface area contributed by atoms with Gasteiger partial charge >= 0.3 is 0 Å². The summed E-state index contributed by atoms with van der Waals surface area (Å²) >= 11 is 0. The Labute approximate surface area is 69.1 Å². The highest BCUT2D eigenvalue weighted by molar-refractivity contribution is 4.80. The lowest BCUT2D eigenvalue weighted by molar-refractivity contribution is 0.311. The second kappa shape index (κ2) is 4.42. The molecule has 1 saturated carbocycles. The lowest BCUT2D eigenvalue weighted by Crippen LogP contribution is -2.05. The molecule has 1 N–H and O–H groups in total. The molecule has 11 heavy (non-hydrogen) atoms. The minimum atomic E-state index is 0.357. The van der Waals surface area contributed by atoms with Gasteiger partial charge in [-0.1, -0.05) is 38.7 Å². The van der Waals surface area contributed by atoms with E-state index >= 15 is 0 Å². The lowest BCUT2D eigenvalue weighted by atomic mass is 9.86. The average molecular weight is 154 g/mol. The molecule has 0 unspecified atom stereocenters. The Morgan fingerprint density at radius 1 is 1.27 bits per heavy atom. The molecule has 0 aromatic rings. The van der Waals surface area contributed by atoms with Crippen molar-refractivity contribution in [3.05, 3.63) is 12.3 Å². The van der Waals surface area contributed by atoms with E-state index in [2.05, 4.69) is 6.58 Å². The van der Waals surface area contributed by atoms with Crippen LogP contribution < -0.4 is 0 Å². The molecule has 0 aliphatic heterocycles. The molecule has 0 bridgehead atoms. The van der Waals surface area contributed by atoms with E-state index in [4.69, 9.17) is 5.11 Å². The van der Waals surface area contributed by atoms with Gasteiger partial charge in [0.1, 0.15) is 0 Å². The molecule has 1 aliphatic rings. The van der Waals surface area contributed by atoms with Crippen molar-refractivity contribution in [1.82, 2.24) is 0 Å². The molecule has 64 valence electrons. The van der Waals surface area contributed by atoms with E-state index in [-0.39, 0.29) is 0 Å². The van der Waals surface area contributed by atoms with Crippen LogP contribution in [0.5, 0.6) is 0 Å². The number of allylic oxidation sites excluding steroid dienone is 1. The van der Waals surface area contributed by atoms with Crippen molar-refractivity contribution in [2.75, 3.05) is 0 Å². The topological polar surface area (TPSA) is 20.2 Å². The highest BCUT2D eigenvalue weighted by Gasteiger charge is 2.12. The van der Waals surface area contributed by atoms with Crippen LogP contribution >= 0.6 is 0 Å². The van der Waals surface area contributed by atoms with Crippen LogP contribution in [0.2, 0.25) is 0 Å². The number of rotatable bonds is 3. The third-order valence-corrected chi connectivity index (χ3v) is 2.57. The predicted octanol–water partition coefficient (Wildman–Crippen LogP) is 3.42. The van der Waals surface area contributed by atoms with Gasteiger partial charge in [0.25, 0.3) is 0 Å². The van der Waals surface area contributed by atoms with E-state index < -0.39 is 0 Å². The van der Waals surface area contributed by atoms with Gasteiger partial charge in [-0.05, 0) is 12.3 Å². The quantitative estimate of drug-likeness (QED) is 0.617. The minimum absolute atomic E-state index is 0.357. The first-order valence-corrected chi connectivity index (χ1v) is 4.66. The van der Waals surface area contributed by atoms with Crippen LogP contribution in [0.3, 0.4) is 0 Å². The molecule has 0 saturated heterocycles. The Balaban J connectivity index is 2.09. The summed E-state index contributed by atoms with van der Waals surface area (Å²) in [5.41, 5.74) is 0. The van der Waals surface area contributed by atoms with Crippen molar-refractivity contribution in [1.29, 1.82) is 0 Å². The van der Waals surface area contributed by atoms with Gasteiger partial charge in [-0.25, -0.2) is 0 Å². The number of aliphatic hydroxyl groups is 1. The van der Waals surface area contributed by atoms with Crippen LogP contribution in [0.4, 0.5) is 0 Å². The summed E-state index contributed by atoms with van der Waals surface area (Å²) < 4.78 is 0. The van der Waals surface area contributed by atoms with Gasteiger partial charge in [-0.3, -0.25) is 0 Å². The first-order chi connectivity index (χ1) is 5.29. The van der Waals surface area contributed by atoms with Gasteiger partial charge in [0.15, 0.2) is 0 Å². The molecule has 0 spiro atoms. The second-order valence-electron chi connectivity index (χ2n) is 3.61. The largest absolute Gasteiger partial charge is 0.513 e. The van der Waals surface area contributed by atoms with E-state index in [1.165, 1.54) is 32.1 Å². The summed E-state index contributed by atoms with van der Waals surface area (Å²) in [5, 5.41) is 8.89. The summed E-state index contributed by atoms with van der Waals surface area (Å²) in [6, 6.07) is 0. The number of aliphatic hydroxyl groups excluding tert-OH is 1. The van der Waals surface area contributed by atoms with Crippen LogP contribution in [-0.4, -0.2) is 5.11 Å². The molecular formula is C10H18O. The molecule has 1 aliphatic carbocycles. The van der Waals surface area contributed by atoms with Crippen LogP contribution in [0, 0.1) is 5.92 Å². The van der Waals surface area contributed by atoms with Gasteiger partial charge in [-0.15, -0.1) is 0 Å². The number of hydrogen-bond acceptors (Lipinski definition) is 1. The molecule has 1 nitrogen and oxygen atoms in total. The fraction of sp³-hybridized carbons (Fsp3) is 0.800. The fourth-order valence-corrected chi connectivity index (χ4v) is 1.85. The summed E-state index contributed by atoms with van der Waals surface area (Å²) in [6.07, 6.45) is 8.89. The van der Waals surface area contributed by atoms with Crippen molar-refractivity contribution in [2.45, 2.75) is 44.9 Å². The molecular weight excluding hydrogens is 136 g/mol. The molecule has 1 heteroatoms. The second-order valence-corrected chi connectivity index (χ2v) is 3.61. The first kappa shape index (κ1) is 8.63. The maximum Gasteiger partial charge on any atom is 0.0851 e. The summed E-state index contributed by atoms with van der Waals surface area (Å²) in [7, 11) is 0. The predicted molar refractivity (Wildman–Crippen MR) is 47.6 cm³/mol. The Morgan fingerprint density at radius 3 is 2.45 bits per heavy atom. The zero-order chi connectivity index (χ0) is 8.10. The molecule has 1 rings (SSSR count). The minimum Gasteiger partial charge on any atom is -0.513 e. The SMILES string of the molecule is C=C(O)CCC1CCCCC1. The Morgan fingerprint density at radius 2 is 1.91 bits per heavy atom. The first-order valence-electron chi connectivity index (χ1n) is 4.66. The molecule has 0 radical (unpaired) electrons. The smallest absolute Gasteiger partial charge is 0.0851 e. The van der Waals surface area contributed by atoms with Crippen LogP contribution in [-0.2, 0) is 0 Å². The fourth-order valence-electron chi connectivity index (χ4n) is 1.85. The van der Waals surface area contributed by atoms with Crippen molar-refractivity contribution < 1.29 is 5.11 Å². The average Bonchev–Trinajstić information content (AvgIpc) is 2.03. The van der Waals surface area contributed by atoms with Crippen LogP contribution in [0.15, 0.2) is 12.3 Å². The van der Waals surface area contributed by atoms with Gasteiger partial charge in [0, 0.05) is 6.42 Å². The van der Waals surface area contributed by atoms with Crippen molar-refractivity contribution in [3.63, 3.8) is 0 Å². The van der Waals surface area contributed by atoms with E-state index in [0.717, 1.165) is 18.8 Å². The van der Waals surface area contributed by atoms with Gasteiger partial charge in [0.2, 0.25) is 0 Å². The normalized spacial score (nSPS) is 20.0. The Bertz CT molecular complexity index is 123. The monoisotopic (exact) mass is 154 g/mol. The van der Waals surface area contributed by atoms with Crippen LogP contribution in [0.25, 0.3) is 0 Å².